The number of aromatic nitrogens is 4. The number of pyridine rings is 1. The molecule has 3 amide bonds. The Bertz CT molecular complexity index is 1650. The van der Waals surface area contributed by atoms with Crippen LogP contribution in [-0.4, -0.2) is 55.7 Å². The topological polar surface area (TPSA) is 142 Å². The number of hydrogen-bond acceptors (Lipinski definition) is 7. The highest BCUT2D eigenvalue weighted by atomic mass is 19.4. The number of hydrogen-bond donors (Lipinski definition) is 2. The minimum atomic E-state index is -5.08. The van der Waals surface area contributed by atoms with E-state index in [1.165, 1.54) is 12.4 Å². The van der Waals surface area contributed by atoms with Crippen molar-refractivity contribution in [3.63, 3.8) is 0 Å². The monoisotopic (exact) mass is 596 g/mol. The number of amides is 3. The third kappa shape index (κ3) is 6.24. The number of aryl methyl sites for hydroxylation is 1. The molecule has 5 rings (SSSR count). The number of aliphatic carboxylic acids is 1. The maximum atomic E-state index is 13.1. The van der Waals surface area contributed by atoms with Gasteiger partial charge in [0.15, 0.2) is 0 Å². The number of aromatic amines is 1. The number of alkyl halides is 6. The molecule has 2 N–H and O–H groups in total. The highest BCUT2D eigenvalue weighted by molar-refractivity contribution is 6.27. The molecule has 0 spiro atoms. The maximum Gasteiger partial charge on any atom is 0.490 e. The molecule has 17 heteroatoms. The number of urea groups is 1. The zero-order chi connectivity index (χ0) is 30.8. The quantitative estimate of drug-likeness (QED) is 0.233. The first-order valence-corrected chi connectivity index (χ1v) is 11.8. The summed E-state index contributed by atoms with van der Waals surface area (Å²) in [5, 5.41) is 7.81. The van der Waals surface area contributed by atoms with Crippen LogP contribution in [0.4, 0.5) is 42.5 Å². The molecule has 1 aromatic carbocycles. The molecule has 1 aliphatic heterocycles. The summed E-state index contributed by atoms with van der Waals surface area (Å²) in [6, 6.07) is 6.59. The molecule has 0 aliphatic carbocycles. The van der Waals surface area contributed by atoms with E-state index in [9.17, 15) is 35.9 Å². The highest BCUT2D eigenvalue weighted by Gasteiger charge is 2.40. The van der Waals surface area contributed by atoms with Gasteiger partial charge in [0.05, 0.1) is 28.5 Å². The highest BCUT2D eigenvalue weighted by Crippen LogP contribution is 2.35. The molecular weight excluding hydrogens is 578 g/mol. The van der Waals surface area contributed by atoms with Crippen LogP contribution < -0.4 is 14.5 Å². The van der Waals surface area contributed by atoms with Gasteiger partial charge in [0, 0.05) is 12.4 Å². The van der Waals surface area contributed by atoms with Crippen LogP contribution in [0, 0.1) is 0 Å². The lowest BCUT2D eigenvalue weighted by Crippen LogP contribution is -2.33. The second-order valence-corrected chi connectivity index (χ2v) is 8.50. The van der Waals surface area contributed by atoms with E-state index in [-0.39, 0.29) is 11.4 Å². The maximum absolute atomic E-state index is 13.1. The van der Waals surface area contributed by atoms with Gasteiger partial charge in [0.25, 0.3) is 5.91 Å². The van der Waals surface area contributed by atoms with Crippen LogP contribution >= 0.6 is 0 Å². The number of halogens is 6. The van der Waals surface area contributed by atoms with Gasteiger partial charge in [0.1, 0.15) is 24.3 Å². The average Bonchev–Trinajstić information content (AvgIpc) is 3.53. The van der Waals surface area contributed by atoms with E-state index >= 15 is 0 Å². The summed E-state index contributed by atoms with van der Waals surface area (Å²) < 4.78 is 76.9. The van der Waals surface area contributed by atoms with Crippen LogP contribution in [0.25, 0.3) is 11.0 Å². The van der Waals surface area contributed by atoms with Gasteiger partial charge in [-0.3, -0.25) is 14.7 Å². The fourth-order valence-corrected chi connectivity index (χ4v) is 3.80. The second-order valence-electron chi connectivity index (χ2n) is 8.50. The predicted octanol–water partition coefficient (Wildman–Crippen LogP) is 5.33. The number of carboxylic acids is 1. The fraction of sp³-hybridized carbons (Fsp3) is 0.200. The molecule has 42 heavy (non-hydrogen) atoms. The molecule has 0 unspecified atom stereocenters. The van der Waals surface area contributed by atoms with Crippen molar-refractivity contribution in [1.29, 1.82) is 0 Å². The lowest BCUT2D eigenvalue weighted by Gasteiger charge is -2.19. The van der Waals surface area contributed by atoms with E-state index < -0.39 is 42.4 Å². The van der Waals surface area contributed by atoms with Crippen molar-refractivity contribution < 1.29 is 50.6 Å². The SMILES string of the molecule is CCc1cc(N2C(=O)CN(c3cncc(C(F)(F)F)c3)C2=O)ccc1Oc1ncnc2[nH]ccc12.O=C(O)C(F)(F)F. The summed E-state index contributed by atoms with van der Waals surface area (Å²) in [4.78, 5) is 51.4. The molecule has 220 valence electrons. The van der Waals surface area contributed by atoms with E-state index in [4.69, 9.17) is 14.6 Å². The van der Waals surface area contributed by atoms with E-state index in [0.29, 0.717) is 40.8 Å². The molecule has 0 radical (unpaired) electrons. The Morgan fingerprint density at radius 3 is 2.40 bits per heavy atom. The van der Waals surface area contributed by atoms with Crippen molar-refractivity contribution >= 4 is 40.3 Å². The van der Waals surface area contributed by atoms with Crippen LogP contribution in [0.1, 0.15) is 18.1 Å². The zero-order valence-electron chi connectivity index (χ0n) is 21.2. The molecule has 1 fully saturated rings. The average molecular weight is 596 g/mol. The number of nitrogens with one attached hydrogen (secondary N) is 1. The minimum absolute atomic E-state index is 0.115. The largest absolute Gasteiger partial charge is 0.490 e. The Labute approximate surface area is 231 Å². The summed E-state index contributed by atoms with van der Waals surface area (Å²) in [7, 11) is 0. The molecule has 0 bridgehead atoms. The lowest BCUT2D eigenvalue weighted by atomic mass is 10.1. The number of anilines is 2. The van der Waals surface area contributed by atoms with Crippen molar-refractivity contribution in [3.8, 4) is 11.6 Å². The summed E-state index contributed by atoms with van der Waals surface area (Å²) in [6.07, 6.45) is -4.34. The Hall–Kier alpha value is -5.22. The van der Waals surface area contributed by atoms with E-state index in [1.807, 2.05) is 6.92 Å². The van der Waals surface area contributed by atoms with Crippen LogP contribution in [0.2, 0.25) is 0 Å². The van der Waals surface area contributed by atoms with Gasteiger partial charge in [-0.15, -0.1) is 0 Å². The molecule has 3 aromatic heterocycles. The van der Waals surface area contributed by atoms with Gasteiger partial charge >= 0.3 is 24.4 Å². The van der Waals surface area contributed by atoms with Crippen molar-refractivity contribution in [3.05, 3.63) is 66.4 Å². The number of H-pyrrole nitrogens is 1. The number of carbonyl (C=O) groups is 3. The summed E-state index contributed by atoms with van der Waals surface area (Å²) in [5.74, 6) is -2.51. The molecular formula is C25H18F6N6O5. The van der Waals surface area contributed by atoms with Crippen molar-refractivity contribution in [2.24, 2.45) is 0 Å². The van der Waals surface area contributed by atoms with Crippen molar-refractivity contribution in [2.45, 2.75) is 25.7 Å². The van der Waals surface area contributed by atoms with E-state index in [1.54, 1.807) is 24.4 Å². The van der Waals surface area contributed by atoms with Crippen LogP contribution in [0.5, 0.6) is 11.6 Å². The number of benzene rings is 1. The van der Waals surface area contributed by atoms with Crippen LogP contribution in [0.15, 0.2) is 55.2 Å². The smallest absolute Gasteiger partial charge is 0.475 e. The third-order valence-electron chi connectivity index (χ3n) is 5.78. The van der Waals surface area contributed by atoms with Gasteiger partial charge in [-0.05, 0) is 42.3 Å². The van der Waals surface area contributed by atoms with Gasteiger partial charge in [-0.2, -0.15) is 26.3 Å². The van der Waals surface area contributed by atoms with Gasteiger partial charge in [-0.25, -0.2) is 24.5 Å². The minimum Gasteiger partial charge on any atom is -0.475 e. The van der Waals surface area contributed by atoms with Crippen molar-refractivity contribution in [1.82, 2.24) is 19.9 Å². The lowest BCUT2D eigenvalue weighted by molar-refractivity contribution is -0.192. The van der Waals surface area contributed by atoms with E-state index in [0.717, 1.165) is 22.1 Å². The van der Waals surface area contributed by atoms with Gasteiger partial charge < -0.3 is 14.8 Å². The first-order valence-electron chi connectivity index (χ1n) is 11.8. The molecule has 4 aromatic rings. The summed E-state index contributed by atoms with van der Waals surface area (Å²) in [6.45, 7) is 1.47. The molecule has 0 atom stereocenters. The fourth-order valence-electron chi connectivity index (χ4n) is 3.80. The molecule has 11 nitrogen and oxygen atoms in total. The first kappa shape index (κ1) is 29.8. The molecule has 1 saturated heterocycles. The second kappa shape index (κ2) is 11.3. The Morgan fingerprint density at radius 2 is 1.76 bits per heavy atom. The number of carboxylic acid groups (broad SMARTS) is 1. The zero-order valence-corrected chi connectivity index (χ0v) is 21.2. The van der Waals surface area contributed by atoms with Gasteiger partial charge in [-0.1, -0.05) is 6.92 Å². The Kier molecular flexibility index (Phi) is 8.03. The number of imide groups is 1. The molecule has 4 heterocycles. The standard InChI is InChI=1S/C23H17F3N6O3.C2HF3O2/c1-2-13-7-15(3-4-18(13)35-21-17-5-6-28-20(17)29-12-30-21)32-19(33)11-31(22(32)34)16-8-14(9-27-10-16)23(24,25)26;3-2(4,5)1(6)7/h3-10,12H,2,11H2,1H3,(H,28,29,30);(H,6,7). The summed E-state index contributed by atoms with van der Waals surface area (Å²) >= 11 is 0. The predicted molar refractivity (Wildman–Crippen MR) is 133 cm³/mol. The molecule has 1 aliphatic rings. The Balaban J connectivity index is 0.000000517. The number of rotatable bonds is 5. The number of fused-ring (bicyclic) bond motifs is 1. The number of carbonyl (C=O) groups excluding carboxylic acids is 2. The molecule has 0 saturated carbocycles. The van der Waals surface area contributed by atoms with Crippen LogP contribution in [0.3, 0.4) is 0 Å². The number of ether oxygens (including phenoxy) is 1. The van der Waals surface area contributed by atoms with Crippen molar-refractivity contribution in [2.75, 3.05) is 16.3 Å². The van der Waals surface area contributed by atoms with E-state index in [2.05, 4.69) is 19.9 Å². The normalized spacial score (nSPS) is 13.8. The summed E-state index contributed by atoms with van der Waals surface area (Å²) in [5.41, 5.74) is 0.466. The Morgan fingerprint density at radius 1 is 1.05 bits per heavy atom. The van der Waals surface area contributed by atoms with Gasteiger partial charge in [0.2, 0.25) is 5.88 Å². The third-order valence-corrected chi connectivity index (χ3v) is 5.78. The number of nitrogens with zero attached hydrogens (tertiary/aromatic N) is 5. The first-order chi connectivity index (χ1) is 19.7. The van der Waals surface area contributed by atoms with Crippen LogP contribution in [-0.2, 0) is 22.2 Å².